The van der Waals surface area contributed by atoms with E-state index in [9.17, 15) is 0 Å². The zero-order chi connectivity index (χ0) is 15.4. The Morgan fingerprint density at radius 1 is 1.29 bits per heavy atom. The molecule has 0 spiro atoms. The molecule has 0 fully saturated rings. The summed E-state index contributed by atoms with van der Waals surface area (Å²) in [5, 5.41) is 4.56. The molecule has 0 amide bonds. The van der Waals surface area contributed by atoms with Gasteiger partial charge in [-0.25, -0.2) is 0 Å². The Balaban J connectivity index is 2.16. The zero-order valence-corrected chi connectivity index (χ0v) is 14.5. The van der Waals surface area contributed by atoms with E-state index in [4.69, 9.17) is 5.73 Å². The van der Waals surface area contributed by atoms with Crippen molar-refractivity contribution < 1.29 is 0 Å². The Labute approximate surface area is 135 Å². The first-order chi connectivity index (χ1) is 10.0. The Morgan fingerprint density at radius 2 is 2.05 bits per heavy atom. The van der Waals surface area contributed by atoms with Crippen LogP contribution in [0.4, 0.5) is 5.69 Å². The summed E-state index contributed by atoms with van der Waals surface area (Å²) < 4.78 is 3.19. The molecule has 0 saturated carbocycles. The Hall–Kier alpha value is -1.33. The van der Waals surface area contributed by atoms with Gasteiger partial charge in [0.2, 0.25) is 0 Å². The smallest absolute Gasteiger partial charge is 0.0739 e. The monoisotopic (exact) mass is 350 g/mol. The minimum absolute atomic E-state index is 0.819. The number of hydrogen-bond donors (Lipinski definition) is 1. The molecule has 4 nitrogen and oxygen atoms in total. The molecule has 5 heteroatoms. The fourth-order valence-electron chi connectivity index (χ4n) is 2.46. The van der Waals surface area contributed by atoms with E-state index in [1.165, 1.54) is 11.3 Å². The number of anilines is 1. The van der Waals surface area contributed by atoms with Crippen molar-refractivity contribution in [3.63, 3.8) is 0 Å². The van der Waals surface area contributed by atoms with Crippen molar-refractivity contribution in [2.75, 3.05) is 12.3 Å². The minimum Gasteiger partial charge on any atom is -0.399 e. The van der Waals surface area contributed by atoms with Crippen LogP contribution in [0.2, 0.25) is 0 Å². The van der Waals surface area contributed by atoms with Crippen LogP contribution in [0.15, 0.2) is 28.7 Å². The van der Waals surface area contributed by atoms with Crippen molar-refractivity contribution in [2.24, 2.45) is 0 Å². The van der Waals surface area contributed by atoms with E-state index in [1.807, 2.05) is 25.1 Å². The third kappa shape index (κ3) is 3.86. The lowest BCUT2D eigenvalue weighted by atomic mass is 10.2. The number of aryl methyl sites for hydroxylation is 2. The van der Waals surface area contributed by atoms with Crippen molar-refractivity contribution in [2.45, 2.75) is 40.4 Å². The van der Waals surface area contributed by atoms with Gasteiger partial charge in [0.05, 0.1) is 15.9 Å². The first-order valence-electron chi connectivity index (χ1n) is 7.33. The van der Waals surface area contributed by atoms with Crippen LogP contribution in [0.25, 0.3) is 0 Å². The van der Waals surface area contributed by atoms with Crippen LogP contribution in [0.5, 0.6) is 0 Å². The molecule has 0 aliphatic carbocycles. The van der Waals surface area contributed by atoms with Gasteiger partial charge < -0.3 is 5.73 Å². The molecule has 0 radical (unpaired) electrons. The summed E-state index contributed by atoms with van der Waals surface area (Å²) in [7, 11) is 0. The first-order valence-corrected chi connectivity index (χ1v) is 8.13. The van der Waals surface area contributed by atoms with E-state index >= 15 is 0 Å². The van der Waals surface area contributed by atoms with Crippen LogP contribution in [-0.4, -0.2) is 21.2 Å². The van der Waals surface area contributed by atoms with Crippen molar-refractivity contribution >= 4 is 21.6 Å². The van der Waals surface area contributed by atoms with Gasteiger partial charge in [-0.2, -0.15) is 5.10 Å². The molecule has 1 aromatic heterocycles. The average molecular weight is 351 g/mol. The van der Waals surface area contributed by atoms with Crippen LogP contribution in [-0.2, 0) is 19.6 Å². The fraction of sp³-hybridized carbons (Fsp3) is 0.438. The molecule has 0 bridgehead atoms. The molecule has 21 heavy (non-hydrogen) atoms. The van der Waals surface area contributed by atoms with Crippen molar-refractivity contribution in [1.82, 2.24) is 14.7 Å². The van der Waals surface area contributed by atoms with Crippen LogP contribution < -0.4 is 5.73 Å². The fourth-order valence-corrected chi connectivity index (χ4v) is 2.87. The largest absolute Gasteiger partial charge is 0.399 e. The number of hydrogen-bond acceptors (Lipinski definition) is 3. The summed E-state index contributed by atoms with van der Waals surface area (Å²) in [4.78, 5) is 2.39. The summed E-state index contributed by atoms with van der Waals surface area (Å²) in [6, 6.07) is 8.09. The second kappa shape index (κ2) is 7.09. The SMILES string of the molecule is CCN(Cc1cccc(N)c1)Cc1c(Br)c(C)nn1CC. The third-order valence-corrected chi connectivity index (χ3v) is 4.66. The molecular formula is C16H23BrN4. The predicted octanol–water partition coefficient (Wildman–Crippen LogP) is 3.58. The lowest BCUT2D eigenvalue weighted by Crippen LogP contribution is -2.24. The summed E-state index contributed by atoms with van der Waals surface area (Å²) in [5.74, 6) is 0. The minimum atomic E-state index is 0.819. The van der Waals surface area contributed by atoms with Gasteiger partial charge in [0.1, 0.15) is 0 Å². The number of nitrogens with two attached hydrogens (primary N) is 1. The van der Waals surface area contributed by atoms with Gasteiger partial charge in [0.15, 0.2) is 0 Å². The molecule has 0 unspecified atom stereocenters. The molecule has 2 rings (SSSR count). The Morgan fingerprint density at radius 3 is 2.67 bits per heavy atom. The zero-order valence-electron chi connectivity index (χ0n) is 12.9. The van der Waals surface area contributed by atoms with E-state index in [-0.39, 0.29) is 0 Å². The topological polar surface area (TPSA) is 47.1 Å². The summed E-state index contributed by atoms with van der Waals surface area (Å²) in [6.07, 6.45) is 0. The van der Waals surface area contributed by atoms with Crippen molar-refractivity contribution in [1.29, 1.82) is 0 Å². The maximum atomic E-state index is 5.86. The number of benzene rings is 1. The molecule has 0 atom stereocenters. The van der Waals surface area contributed by atoms with Gasteiger partial charge in [-0.1, -0.05) is 19.1 Å². The molecular weight excluding hydrogens is 328 g/mol. The predicted molar refractivity (Wildman–Crippen MR) is 91.0 cm³/mol. The highest BCUT2D eigenvalue weighted by Gasteiger charge is 2.15. The second-order valence-corrected chi connectivity index (χ2v) is 6.00. The average Bonchev–Trinajstić information content (AvgIpc) is 2.74. The Kier molecular flexibility index (Phi) is 5.42. The van der Waals surface area contributed by atoms with E-state index < -0.39 is 0 Å². The van der Waals surface area contributed by atoms with E-state index in [0.29, 0.717) is 0 Å². The molecule has 0 saturated heterocycles. The molecule has 2 aromatic rings. The van der Waals surface area contributed by atoms with E-state index in [1.54, 1.807) is 0 Å². The summed E-state index contributed by atoms with van der Waals surface area (Å²) in [5.41, 5.74) is 10.2. The quantitative estimate of drug-likeness (QED) is 0.810. The lowest BCUT2D eigenvalue weighted by Gasteiger charge is -2.21. The van der Waals surface area contributed by atoms with E-state index in [0.717, 1.165) is 42.0 Å². The first kappa shape index (κ1) is 16.0. The lowest BCUT2D eigenvalue weighted by molar-refractivity contribution is 0.262. The van der Waals surface area contributed by atoms with Gasteiger partial charge in [-0.15, -0.1) is 0 Å². The Bertz CT molecular complexity index is 606. The normalized spacial score (nSPS) is 11.3. The molecule has 1 heterocycles. The van der Waals surface area contributed by atoms with Crippen LogP contribution in [0.1, 0.15) is 30.8 Å². The van der Waals surface area contributed by atoms with Gasteiger partial charge in [0, 0.05) is 25.3 Å². The highest BCUT2D eigenvalue weighted by atomic mass is 79.9. The van der Waals surface area contributed by atoms with Crippen LogP contribution in [0.3, 0.4) is 0 Å². The molecule has 1 aromatic carbocycles. The van der Waals surface area contributed by atoms with Crippen LogP contribution in [0, 0.1) is 6.92 Å². The van der Waals surface area contributed by atoms with Gasteiger partial charge >= 0.3 is 0 Å². The number of nitrogens with zero attached hydrogens (tertiary/aromatic N) is 3. The summed E-state index contributed by atoms with van der Waals surface area (Å²) in [6.45, 7) is 9.97. The van der Waals surface area contributed by atoms with Crippen molar-refractivity contribution in [3.8, 4) is 0 Å². The number of nitrogen functional groups attached to an aromatic ring is 1. The second-order valence-electron chi connectivity index (χ2n) is 5.21. The van der Waals surface area contributed by atoms with E-state index in [2.05, 4.69) is 50.5 Å². The molecule has 0 aliphatic rings. The number of aromatic nitrogens is 2. The van der Waals surface area contributed by atoms with Gasteiger partial charge in [-0.3, -0.25) is 9.58 Å². The third-order valence-electron chi connectivity index (χ3n) is 3.63. The number of rotatable bonds is 6. The molecule has 2 N–H and O–H groups in total. The summed E-state index contributed by atoms with van der Waals surface area (Å²) >= 11 is 3.67. The molecule has 114 valence electrons. The molecule has 0 aliphatic heterocycles. The van der Waals surface area contributed by atoms with Crippen molar-refractivity contribution in [3.05, 3.63) is 45.7 Å². The maximum Gasteiger partial charge on any atom is 0.0739 e. The standard InChI is InChI=1S/C16H23BrN4/c1-4-20(10-13-7-6-8-14(18)9-13)11-15-16(17)12(3)19-21(15)5-2/h6-9H,4-5,10-11,18H2,1-3H3. The highest BCUT2D eigenvalue weighted by molar-refractivity contribution is 9.10. The maximum absolute atomic E-state index is 5.86. The highest BCUT2D eigenvalue weighted by Crippen LogP contribution is 2.23. The van der Waals surface area contributed by atoms with Crippen LogP contribution >= 0.6 is 15.9 Å². The van der Waals surface area contributed by atoms with Gasteiger partial charge in [-0.05, 0) is 54.0 Å². The van der Waals surface area contributed by atoms with Gasteiger partial charge in [0.25, 0.3) is 0 Å². The number of halogens is 1.